The predicted octanol–water partition coefficient (Wildman–Crippen LogP) is 0.892. The van der Waals surface area contributed by atoms with Gasteiger partial charge in [0.05, 0.1) is 0 Å². The number of carbonyl (C=O) groups is 1. The van der Waals surface area contributed by atoms with Crippen LogP contribution in [0.25, 0.3) is 0 Å². The highest BCUT2D eigenvalue weighted by molar-refractivity contribution is 5.71. The lowest BCUT2D eigenvalue weighted by Gasteiger charge is -2.08. The molecule has 0 unspecified atom stereocenters. The molecule has 88 valence electrons. The van der Waals surface area contributed by atoms with Crippen LogP contribution in [0.5, 0.6) is 0 Å². The number of primary amides is 1. The number of urea groups is 1. The van der Waals surface area contributed by atoms with Gasteiger partial charge in [-0.05, 0) is 30.2 Å². The molecule has 2 amide bonds. The largest absolute Gasteiger partial charge is 0.352 e. The Bertz CT molecular complexity index is 368. The molecule has 1 aromatic rings. The molecule has 0 fully saturated rings. The van der Waals surface area contributed by atoms with Gasteiger partial charge in [0.2, 0.25) is 0 Å². The van der Waals surface area contributed by atoms with E-state index in [0.717, 1.165) is 11.1 Å². The van der Waals surface area contributed by atoms with E-state index in [9.17, 15) is 9.18 Å². The van der Waals surface area contributed by atoms with Gasteiger partial charge in [0.15, 0.2) is 0 Å². The normalized spacial score (nSPS) is 10.1. The SMILES string of the molecule is Cc1ccc(F)cc1CNCCNC(N)=O. The summed E-state index contributed by atoms with van der Waals surface area (Å²) in [4.78, 5) is 10.4. The third-order valence-corrected chi connectivity index (χ3v) is 2.23. The monoisotopic (exact) mass is 225 g/mol. The van der Waals surface area contributed by atoms with E-state index in [2.05, 4.69) is 10.6 Å². The molecule has 16 heavy (non-hydrogen) atoms. The van der Waals surface area contributed by atoms with Crippen LogP contribution in [-0.2, 0) is 6.54 Å². The number of hydrogen-bond donors (Lipinski definition) is 3. The van der Waals surface area contributed by atoms with Gasteiger partial charge in [-0.1, -0.05) is 6.07 Å². The summed E-state index contributed by atoms with van der Waals surface area (Å²) in [6, 6.07) is 4.15. The number of nitrogens with two attached hydrogens (primary N) is 1. The summed E-state index contributed by atoms with van der Waals surface area (Å²) < 4.78 is 12.9. The Morgan fingerprint density at radius 1 is 1.44 bits per heavy atom. The highest BCUT2D eigenvalue weighted by Gasteiger charge is 1.99. The molecule has 0 saturated carbocycles. The number of nitrogens with one attached hydrogen (secondary N) is 2. The molecule has 0 aliphatic heterocycles. The van der Waals surface area contributed by atoms with Crippen LogP contribution in [0.15, 0.2) is 18.2 Å². The molecule has 0 radical (unpaired) electrons. The average molecular weight is 225 g/mol. The van der Waals surface area contributed by atoms with E-state index in [0.29, 0.717) is 19.6 Å². The van der Waals surface area contributed by atoms with Crippen LogP contribution < -0.4 is 16.4 Å². The number of aryl methyl sites for hydroxylation is 1. The van der Waals surface area contributed by atoms with Crippen LogP contribution in [0.1, 0.15) is 11.1 Å². The van der Waals surface area contributed by atoms with E-state index in [4.69, 9.17) is 5.73 Å². The third kappa shape index (κ3) is 4.27. The van der Waals surface area contributed by atoms with Crippen molar-refractivity contribution in [3.05, 3.63) is 35.1 Å². The fourth-order valence-corrected chi connectivity index (χ4v) is 1.33. The molecule has 0 aliphatic carbocycles. The molecule has 0 aliphatic rings. The van der Waals surface area contributed by atoms with E-state index in [1.54, 1.807) is 6.07 Å². The minimum atomic E-state index is -0.538. The zero-order chi connectivity index (χ0) is 12.0. The van der Waals surface area contributed by atoms with Crippen molar-refractivity contribution >= 4 is 6.03 Å². The van der Waals surface area contributed by atoms with Crippen molar-refractivity contribution in [2.24, 2.45) is 5.73 Å². The first-order chi connectivity index (χ1) is 7.59. The molecule has 0 saturated heterocycles. The van der Waals surface area contributed by atoms with E-state index >= 15 is 0 Å². The minimum absolute atomic E-state index is 0.238. The minimum Gasteiger partial charge on any atom is -0.352 e. The molecule has 0 bridgehead atoms. The van der Waals surface area contributed by atoms with Crippen molar-refractivity contribution in [3.63, 3.8) is 0 Å². The Balaban J connectivity index is 2.31. The summed E-state index contributed by atoms with van der Waals surface area (Å²) >= 11 is 0. The summed E-state index contributed by atoms with van der Waals surface area (Å²) in [7, 11) is 0. The zero-order valence-electron chi connectivity index (χ0n) is 9.22. The molecular weight excluding hydrogens is 209 g/mol. The maximum Gasteiger partial charge on any atom is 0.312 e. The number of carbonyl (C=O) groups excluding carboxylic acids is 1. The van der Waals surface area contributed by atoms with Gasteiger partial charge in [0, 0.05) is 19.6 Å². The molecule has 0 spiro atoms. The van der Waals surface area contributed by atoms with Gasteiger partial charge in [-0.3, -0.25) is 0 Å². The van der Waals surface area contributed by atoms with Crippen LogP contribution in [-0.4, -0.2) is 19.1 Å². The van der Waals surface area contributed by atoms with E-state index in [-0.39, 0.29) is 5.82 Å². The van der Waals surface area contributed by atoms with Crippen molar-refractivity contribution in [3.8, 4) is 0 Å². The topological polar surface area (TPSA) is 67.2 Å². The van der Waals surface area contributed by atoms with Crippen LogP contribution >= 0.6 is 0 Å². The fourth-order valence-electron chi connectivity index (χ4n) is 1.33. The first kappa shape index (κ1) is 12.4. The second-order valence-corrected chi connectivity index (χ2v) is 3.54. The lowest BCUT2D eigenvalue weighted by atomic mass is 10.1. The van der Waals surface area contributed by atoms with Gasteiger partial charge < -0.3 is 16.4 Å². The highest BCUT2D eigenvalue weighted by Crippen LogP contribution is 2.09. The lowest BCUT2D eigenvalue weighted by molar-refractivity contribution is 0.249. The van der Waals surface area contributed by atoms with Gasteiger partial charge in [0.1, 0.15) is 5.82 Å². The van der Waals surface area contributed by atoms with Gasteiger partial charge >= 0.3 is 6.03 Å². The van der Waals surface area contributed by atoms with Crippen LogP contribution in [0.3, 0.4) is 0 Å². The number of amides is 2. The van der Waals surface area contributed by atoms with Crippen LogP contribution in [0, 0.1) is 12.7 Å². The maximum absolute atomic E-state index is 12.9. The Kier molecular flexibility index (Phi) is 4.72. The zero-order valence-corrected chi connectivity index (χ0v) is 9.22. The Morgan fingerprint density at radius 2 is 2.19 bits per heavy atom. The average Bonchev–Trinajstić information content (AvgIpc) is 2.22. The number of halogens is 1. The molecule has 0 aromatic heterocycles. The molecular formula is C11H16FN3O. The van der Waals surface area contributed by atoms with E-state index in [1.165, 1.54) is 12.1 Å². The van der Waals surface area contributed by atoms with Crippen molar-refractivity contribution in [2.75, 3.05) is 13.1 Å². The number of hydrogen-bond acceptors (Lipinski definition) is 2. The molecule has 1 aromatic carbocycles. The molecule has 4 N–H and O–H groups in total. The van der Waals surface area contributed by atoms with Crippen molar-refractivity contribution in [1.82, 2.24) is 10.6 Å². The Morgan fingerprint density at radius 3 is 2.88 bits per heavy atom. The quantitative estimate of drug-likeness (QED) is 0.651. The van der Waals surface area contributed by atoms with Crippen molar-refractivity contribution in [1.29, 1.82) is 0 Å². The molecule has 0 heterocycles. The van der Waals surface area contributed by atoms with Crippen LogP contribution in [0.2, 0.25) is 0 Å². The van der Waals surface area contributed by atoms with Crippen molar-refractivity contribution < 1.29 is 9.18 Å². The molecule has 1 rings (SSSR count). The van der Waals surface area contributed by atoms with Gasteiger partial charge in [-0.2, -0.15) is 0 Å². The van der Waals surface area contributed by atoms with Crippen molar-refractivity contribution in [2.45, 2.75) is 13.5 Å². The van der Waals surface area contributed by atoms with Crippen LogP contribution in [0.4, 0.5) is 9.18 Å². The first-order valence-corrected chi connectivity index (χ1v) is 5.08. The second-order valence-electron chi connectivity index (χ2n) is 3.54. The summed E-state index contributed by atoms with van der Waals surface area (Å²) in [5.74, 6) is -0.238. The standard InChI is InChI=1S/C11H16FN3O/c1-8-2-3-10(12)6-9(8)7-14-4-5-15-11(13)16/h2-3,6,14H,4-5,7H2,1H3,(H3,13,15,16). The van der Waals surface area contributed by atoms with Gasteiger partial charge in [-0.15, -0.1) is 0 Å². The molecule has 4 nitrogen and oxygen atoms in total. The molecule has 0 atom stereocenters. The third-order valence-electron chi connectivity index (χ3n) is 2.23. The Hall–Kier alpha value is -1.62. The summed E-state index contributed by atoms with van der Waals surface area (Å²) in [5.41, 5.74) is 6.86. The first-order valence-electron chi connectivity index (χ1n) is 5.08. The maximum atomic E-state index is 12.9. The van der Waals surface area contributed by atoms with Gasteiger partial charge in [-0.25, -0.2) is 9.18 Å². The fraction of sp³-hybridized carbons (Fsp3) is 0.364. The smallest absolute Gasteiger partial charge is 0.312 e. The number of rotatable bonds is 5. The van der Waals surface area contributed by atoms with E-state index < -0.39 is 6.03 Å². The molecule has 5 heteroatoms. The lowest BCUT2D eigenvalue weighted by Crippen LogP contribution is -2.35. The summed E-state index contributed by atoms with van der Waals surface area (Å²) in [6.07, 6.45) is 0. The summed E-state index contributed by atoms with van der Waals surface area (Å²) in [6.45, 7) is 3.56. The van der Waals surface area contributed by atoms with Gasteiger partial charge in [0.25, 0.3) is 0 Å². The highest BCUT2D eigenvalue weighted by atomic mass is 19.1. The Labute approximate surface area is 94.0 Å². The second kappa shape index (κ2) is 6.07. The number of benzene rings is 1. The summed E-state index contributed by atoms with van der Waals surface area (Å²) in [5, 5.41) is 5.55. The predicted molar refractivity (Wildman–Crippen MR) is 60.4 cm³/mol. The van der Waals surface area contributed by atoms with E-state index in [1.807, 2.05) is 6.92 Å².